The SMILES string of the molecule is CCN(CC)C(=O)C1CCCCC1(C)C. The fourth-order valence-electron chi connectivity index (χ4n) is 2.71. The van der Waals surface area contributed by atoms with Crippen LogP contribution in [0.15, 0.2) is 0 Å². The quantitative estimate of drug-likeness (QED) is 0.702. The largest absolute Gasteiger partial charge is 0.343 e. The van der Waals surface area contributed by atoms with Crippen molar-refractivity contribution in [1.29, 1.82) is 0 Å². The summed E-state index contributed by atoms with van der Waals surface area (Å²) in [6.07, 6.45) is 4.79. The smallest absolute Gasteiger partial charge is 0.226 e. The van der Waals surface area contributed by atoms with E-state index in [0.717, 1.165) is 19.5 Å². The van der Waals surface area contributed by atoms with Gasteiger partial charge in [0.1, 0.15) is 0 Å². The first-order valence-electron chi connectivity index (χ1n) is 6.31. The van der Waals surface area contributed by atoms with E-state index in [1.165, 1.54) is 19.3 Å². The van der Waals surface area contributed by atoms with Crippen molar-refractivity contribution in [3.05, 3.63) is 0 Å². The molecule has 0 aromatic heterocycles. The van der Waals surface area contributed by atoms with Crippen LogP contribution in [0.1, 0.15) is 53.4 Å². The average Bonchev–Trinajstić information content (AvgIpc) is 2.18. The predicted octanol–water partition coefficient (Wildman–Crippen LogP) is 3.07. The molecule has 0 N–H and O–H groups in total. The molecule has 0 radical (unpaired) electrons. The molecule has 15 heavy (non-hydrogen) atoms. The Balaban J connectivity index is 2.72. The molecule has 2 heteroatoms. The molecule has 0 saturated heterocycles. The summed E-state index contributed by atoms with van der Waals surface area (Å²) in [5.74, 6) is 0.635. The first-order valence-corrected chi connectivity index (χ1v) is 6.31. The molecule has 0 aromatic rings. The number of carbonyl (C=O) groups excluding carboxylic acids is 1. The summed E-state index contributed by atoms with van der Waals surface area (Å²) in [6, 6.07) is 0. The molecule has 1 fully saturated rings. The molecule has 1 amide bonds. The van der Waals surface area contributed by atoms with Crippen LogP contribution in [0.3, 0.4) is 0 Å². The Morgan fingerprint density at radius 1 is 1.27 bits per heavy atom. The number of rotatable bonds is 3. The Bertz CT molecular complexity index is 219. The van der Waals surface area contributed by atoms with E-state index in [0.29, 0.717) is 5.91 Å². The third-order valence-electron chi connectivity index (χ3n) is 3.88. The van der Waals surface area contributed by atoms with Crippen LogP contribution in [-0.2, 0) is 4.79 Å². The molecule has 0 aromatic carbocycles. The summed E-state index contributed by atoms with van der Waals surface area (Å²) in [7, 11) is 0. The highest BCUT2D eigenvalue weighted by Crippen LogP contribution is 2.41. The van der Waals surface area contributed by atoms with Gasteiger partial charge in [-0.05, 0) is 32.1 Å². The topological polar surface area (TPSA) is 20.3 Å². The van der Waals surface area contributed by atoms with Gasteiger partial charge in [0.2, 0.25) is 5.91 Å². The highest BCUT2D eigenvalue weighted by atomic mass is 16.2. The van der Waals surface area contributed by atoms with Gasteiger partial charge in [-0.3, -0.25) is 4.79 Å². The van der Waals surface area contributed by atoms with E-state index in [1.54, 1.807) is 0 Å². The molecule has 88 valence electrons. The lowest BCUT2D eigenvalue weighted by Crippen LogP contribution is -2.43. The maximum Gasteiger partial charge on any atom is 0.226 e. The van der Waals surface area contributed by atoms with Crippen LogP contribution in [0.25, 0.3) is 0 Å². The van der Waals surface area contributed by atoms with Crippen LogP contribution in [0.2, 0.25) is 0 Å². The molecule has 1 aliphatic carbocycles. The molecular formula is C13H25NO. The Labute approximate surface area is 94.0 Å². The molecule has 1 atom stereocenters. The Morgan fingerprint density at radius 2 is 1.87 bits per heavy atom. The molecular weight excluding hydrogens is 186 g/mol. The minimum Gasteiger partial charge on any atom is -0.343 e. The highest BCUT2D eigenvalue weighted by Gasteiger charge is 2.38. The van der Waals surface area contributed by atoms with E-state index < -0.39 is 0 Å². The summed E-state index contributed by atoms with van der Waals surface area (Å²) in [5.41, 5.74) is 0.206. The third kappa shape index (κ3) is 2.73. The van der Waals surface area contributed by atoms with E-state index in [4.69, 9.17) is 0 Å². The normalized spacial score (nSPS) is 24.9. The lowest BCUT2D eigenvalue weighted by molar-refractivity contribution is -0.140. The van der Waals surface area contributed by atoms with Gasteiger partial charge in [0.05, 0.1) is 0 Å². The van der Waals surface area contributed by atoms with Crippen LogP contribution in [0, 0.1) is 11.3 Å². The molecule has 2 nitrogen and oxygen atoms in total. The maximum absolute atomic E-state index is 12.3. The van der Waals surface area contributed by atoms with Crippen molar-refractivity contribution in [2.45, 2.75) is 53.4 Å². The first-order chi connectivity index (χ1) is 7.03. The van der Waals surface area contributed by atoms with E-state index in [1.807, 2.05) is 4.90 Å². The second-order valence-electron chi connectivity index (χ2n) is 5.30. The van der Waals surface area contributed by atoms with Crippen LogP contribution >= 0.6 is 0 Å². The molecule has 0 heterocycles. The summed E-state index contributed by atoms with van der Waals surface area (Å²) in [5, 5.41) is 0. The second kappa shape index (κ2) is 5.00. The molecule has 1 saturated carbocycles. The number of hydrogen-bond donors (Lipinski definition) is 0. The summed E-state index contributed by atoms with van der Waals surface area (Å²) in [6.45, 7) is 10.3. The van der Waals surface area contributed by atoms with Crippen LogP contribution < -0.4 is 0 Å². The molecule has 1 unspecified atom stereocenters. The lowest BCUT2D eigenvalue weighted by Gasteiger charge is -2.39. The molecule has 1 aliphatic rings. The number of amides is 1. The average molecular weight is 211 g/mol. The highest BCUT2D eigenvalue weighted by molar-refractivity contribution is 5.79. The summed E-state index contributed by atoms with van der Waals surface area (Å²) >= 11 is 0. The van der Waals surface area contributed by atoms with Crippen molar-refractivity contribution in [1.82, 2.24) is 4.90 Å². The van der Waals surface area contributed by atoms with Gasteiger partial charge >= 0.3 is 0 Å². The van der Waals surface area contributed by atoms with Crippen molar-refractivity contribution >= 4 is 5.91 Å². The van der Waals surface area contributed by atoms with Gasteiger partial charge in [0.15, 0.2) is 0 Å². The van der Waals surface area contributed by atoms with Crippen molar-refractivity contribution < 1.29 is 4.79 Å². The van der Waals surface area contributed by atoms with Gasteiger partial charge in [-0.2, -0.15) is 0 Å². The molecule has 0 aliphatic heterocycles. The lowest BCUT2D eigenvalue weighted by atomic mass is 9.68. The van der Waals surface area contributed by atoms with Crippen molar-refractivity contribution in [3.8, 4) is 0 Å². The Hall–Kier alpha value is -0.530. The van der Waals surface area contributed by atoms with Gasteiger partial charge < -0.3 is 4.90 Å². The zero-order valence-electron chi connectivity index (χ0n) is 10.7. The standard InChI is InChI=1S/C13H25NO/c1-5-14(6-2)12(15)11-9-7-8-10-13(11,3)4/h11H,5-10H2,1-4H3. The number of hydrogen-bond acceptors (Lipinski definition) is 1. The molecule has 1 rings (SSSR count). The monoisotopic (exact) mass is 211 g/mol. The third-order valence-corrected chi connectivity index (χ3v) is 3.88. The zero-order valence-corrected chi connectivity index (χ0v) is 10.7. The minimum atomic E-state index is 0.206. The minimum absolute atomic E-state index is 0.206. The van der Waals surface area contributed by atoms with Crippen molar-refractivity contribution in [3.63, 3.8) is 0 Å². The summed E-state index contributed by atoms with van der Waals surface area (Å²) < 4.78 is 0. The first kappa shape index (κ1) is 12.5. The fraction of sp³-hybridized carbons (Fsp3) is 0.923. The van der Waals surface area contributed by atoms with Crippen LogP contribution in [-0.4, -0.2) is 23.9 Å². The van der Waals surface area contributed by atoms with Crippen LogP contribution in [0.4, 0.5) is 0 Å². The van der Waals surface area contributed by atoms with E-state index in [-0.39, 0.29) is 11.3 Å². The molecule has 0 spiro atoms. The van der Waals surface area contributed by atoms with Gasteiger partial charge in [-0.25, -0.2) is 0 Å². The van der Waals surface area contributed by atoms with E-state index in [2.05, 4.69) is 27.7 Å². The van der Waals surface area contributed by atoms with Crippen molar-refractivity contribution in [2.75, 3.05) is 13.1 Å². The Kier molecular flexibility index (Phi) is 4.18. The predicted molar refractivity (Wildman–Crippen MR) is 63.7 cm³/mol. The fourth-order valence-corrected chi connectivity index (χ4v) is 2.71. The Morgan fingerprint density at radius 3 is 2.33 bits per heavy atom. The van der Waals surface area contributed by atoms with E-state index in [9.17, 15) is 4.79 Å². The van der Waals surface area contributed by atoms with Gasteiger partial charge in [-0.15, -0.1) is 0 Å². The number of carbonyl (C=O) groups is 1. The zero-order chi connectivity index (χ0) is 11.5. The summed E-state index contributed by atoms with van der Waals surface area (Å²) in [4.78, 5) is 14.3. The maximum atomic E-state index is 12.3. The van der Waals surface area contributed by atoms with Crippen LogP contribution in [0.5, 0.6) is 0 Å². The van der Waals surface area contributed by atoms with Crippen molar-refractivity contribution in [2.24, 2.45) is 11.3 Å². The molecule has 0 bridgehead atoms. The van der Waals surface area contributed by atoms with Gasteiger partial charge in [0.25, 0.3) is 0 Å². The van der Waals surface area contributed by atoms with E-state index >= 15 is 0 Å². The van der Waals surface area contributed by atoms with Gasteiger partial charge in [0, 0.05) is 19.0 Å². The number of nitrogens with zero attached hydrogens (tertiary/aromatic N) is 1. The second-order valence-corrected chi connectivity index (χ2v) is 5.30. The van der Waals surface area contributed by atoms with Gasteiger partial charge in [-0.1, -0.05) is 26.7 Å².